The third kappa shape index (κ3) is 3.25. The smallest absolute Gasteiger partial charge is 0.146 e. The summed E-state index contributed by atoms with van der Waals surface area (Å²) in [5.41, 5.74) is 2.84. The molecule has 3 aromatic rings. The van der Waals surface area contributed by atoms with Crippen LogP contribution in [0.15, 0.2) is 48.7 Å². The van der Waals surface area contributed by atoms with Gasteiger partial charge in [0, 0.05) is 21.6 Å². The number of methoxy groups -OCH3 is 1. The maximum absolute atomic E-state index is 6.35. The minimum absolute atomic E-state index is 0.569. The highest BCUT2D eigenvalue weighted by molar-refractivity contribution is 9.08. The molecule has 0 unspecified atom stereocenters. The fourth-order valence-corrected chi connectivity index (χ4v) is 3.25. The number of hydrogen-bond donors (Lipinski definition) is 0. The van der Waals surface area contributed by atoms with Crippen molar-refractivity contribution >= 4 is 39.1 Å². The van der Waals surface area contributed by atoms with Gasteiger partial charge in [-0.3, -0.25) is 4.57 Å². The number of benzene rings is 2. The van der Waals surface area contributed by atoms with Crippen molar-refractivity contribution in [2.75, 3.05) is 7.11 Å². The number of nitrogens with zero attached hydrogens (tertiary/aromatic N) is 2. The van der Waals surface area contributed by atoms with Crippen LogP contribution in [0.4, 0.5) is 0 Å². The lowest BCUT2D eigenvalue weighted by atomic mass is 10.2. The highest BCUT2D eigenvalue weighted by Crippen LogP contribution is 2.32. The maximum Gasteiger partial charge on any atom is 0.146 e. The molecular weight excluding hydrogens is 399 g/mol. The topological polar surface area (TPSA) is 27.1 Å². The van der Waals surface area contributed by atoms with Crippen molar-refractivity contribution in [2.45, 2.75) is 5.33 Å². The maximum atomic E-state index is 6.35. The van der Waals surface area contributed by atoms with E-state index in [1.54, 1.807) is 13.2 Å². The Morgan fingerprint density at radius 2 is 1.87 bits per heavy atom. The van der Waals surface area contributed by atoms with Crippen molar-refractivity contribution in [2.24, 2.45) is 0 Å². The molecule has 0 atom stereocenters. The summed E-state index contributed by atoms with van der Waals surface area (Å²) in [4.78, 5) is 4.54. The summed E-state index contributed by atoms with van der Waals surface area (Å²) < 4.78 is 7.28. The summed E-state index contributed by atoms with van der Waals surface area (Å²) in [6.45, 7) is 0. The third-order valence-electron chi connectivity index (χ3n) is 3.47. The first-order valence-corrected chi connectivity index (χ1v) is 8.74. The molecule has 0 bridgehead atoms. The van der Waals surface area contributed by atoms with Gasteiger partial charge in [0.15, 0.2) is 0 Å². The Kier molecular flexibility index (Phi) is 4.95. The molecule has 0 aliphatic carbocycles. The van der Waals surface area contributed by atoms with E-state index in [1.807, 2.05) is 42.6 Å². The summed E-state index contributed by atoms with van der Waals surface area (Å²) in [5.74, 6) is 1.58. The van der Waals surface area contributed by atoms with Crippen molar-refractivity contribution < 1.29 is 4.74 Å². The Balaban J connectivity index is 2.17. The minimum Gasteiger partial charge on any atom is -0.497 e. The molecule has 0 aliphatic heterocycles. The van der Waals surface area contributed by atoms with E-state index in [0.29, 0.717) is 15.4 Å². The summed E-state index contributed by atoms with van der Waals surface area (Å²) in [5, 5.41) is 1.85. The van der Waals surface area contributed by atoms with Crippen LogP contribution in [0.5, 0.6) is 5.75 Å². The van der Waals surface area contributed by atoms with Crippen LogP contribution in [0, 0.1) is 0 Å². The van der Waals surface area contributed by atoms with E-state index in [1.165, 1.54) is 0 Å². The fourth-order valence-electron chi connectivity index (χ4n) is 2.36. The molecule has 0 amide bonds. The van der Waals surface area contributed by atoms with Crippen LogP contribution >= 0.6 is 39.1 Å². The van der Waals surface area contributed by atoms with Crippen molar-refractivity contribution in [3.63, 3.8) is 0 Å². The Labute approximate surface area is 153 Å². The van der Waals surface area contributed by atoms with Crippen LogP contribution in [0.25, 0.3) is 17.1 Å². The Hall–Kier alpha value is -1.49. The normalized spacial score (nSPS) is 10.8. The molecule has 0 radical (unpaired) electrons. The zero-order chi connectivity index (χ0) is 16.4. The second kappa shape index (κ2) is 6.95. The number of halogens is 3. The summed E-state index contributed by atoms with van der Waals surface area (Å²) >= 11 is 15.9. The number of aromatic nitrogens is 2. The van der Waals surface area contributed by atoms with Gasteiger partial charge in [-0.1, -0.05) is 39.1 Å². The predicted octanol–water partition coefficient (Wildman–Crippen LogP) is 5.75. The molecule has 0 aliphatic rings. The van der Waals surface area contributed by atoms with E-state index in [-0.39, 0.29) is 0 Å². The lowest BCUT2D eigenvalue weighted by Gasteiger charge is -2.13. The molecule has 118 valence electrons. The lowest BCUT2D eigenvalue weighted by Crippen LogP contribution is -2.01. The van der Waals surface area contributed by atoms with Gasteiger partial charge in [-0.25, -0.2) is 4.98 Å². The third-order valence-corrected chi connectivity index (χ3v) is 4.60. The quantitative estimate of drug-likeness (QED) is 0.511. The molecule has 3 rings (SSSR count). The molecule has 2 aromatic carbocycles. The Morgan fingerprint density at radius 3 is 2.48 bits per heavy atom. The molecule has 3 nitrogen and oxygen atoms in total. The van der Waals surface area contributed by atoms with Gasteiger partial charge >= 0.3 is 0 Å². The van der Waals surface area contributed by atoms with Gasteiger partial charge in [0.1, 0.15) is 11.6 Å². The average Bonchev–Trinajstić information content (AvgIpc) is 2.98. The number of ether oxygens (including phenoxy) is 1. The first-order valence-electron chi connectivity index (χ1n) is 6.86. The predicted molar refractivity (Wildman–Crippen MR) is 98.2 cm³/mol. The van der Waals surface area contributed by atoms with Crippen LogP contribution < -0.4 is 4.74 Å². The van der Waals surface area contributed by atoms with Crippen LogP contribution in [-0.2, 0) is 5.33 Å². The van der Waals surface area contributed by atoms with E-state index < -0.39 is 0 Å². The van der Waals surface area contributed by atoms with E-state index in [4.69, 9.17) is 27.9 Å². The molecule has 0 saturated carbocycles. The number of hydrogen-bond acceptors (Lipinski definition) is 2. The number of imidazole rings is 1. The van der Waals surface area contributed by atoms with Gasteiger partial charge < -0.3 is 4.74 Å². The number of alkyl halides is 1. The fraction of sp³-hybridized carbons (Fsp3) is 0.118. The Bertz CT molecular complexity index is 831. The van der Waals surface area contributed by atoms with Gasteiger partial charge in [0.2, 0.25) is 0 Å². The number of rotatable bonds is 4. The molecule has 6 heteroatoms. The van der Waals surface area contributed by atoms with Gasteiger partial charge in [-0.2, -0.15) is 0 Å². The Morgan fingerprint density at radius 1 is 1.13 bits per heavy atom. The SMILES string of the molecule is COc1ccc(-n2c(CBr)cnc2-c2ccc(Cl)cc2Cl)cc1. The van der Waals surface area contributed by atoms with Gasteiger partial charge in [-0.05, 0) is 42.5 Å². The van der Waals surface area contributed by atoms with Crippen LogP contribution in [-0.4, -0.2) is 16.7 Å². The largest absolute Gasteiger partial charge is 0.497 e. The van der Waals surface area contributed by atoms with Crippen LogP contribution in [0.1, 0.15) is 5.69 Å². The second-order valence-electron chi connectivity index (χ2n) is 4.86. The van der Waals surface area contributed by atoms with Gasteiger partial charge in [-0.15, -0.1) is 0 Å². The highest BCUT2D eigenvalue weighted by Gasteiger charge is 2.15. The molecular formula is C17H13BrCl2N2O. The van der Waals surface area contributed by atoms with Crippen molar-refractivity contribution in [1.82, 2.24) is 9.55 Å². The minimum atomic E-state index is 0.569. The molecule has 0 fully saturated rings. The van der Waals surface area contributed by atoms with Gasteiger partial charge in [0.05, 0.1) is 24.0 Å². The molecule has 0 saturated heterocycles. The first kappa shape index (κ1) is 16.4. The first-order chi connectivity index (χ1) is 11.1. The van der Waals surface area contributed by atoms with E-state index in [0.717, 1.165) is 28.5 Å². The zero-order valence-electron chi connectivity index (χ0n) is 12.3. The van der Waals surface area contributed by atoms with Crippen molar-refractivity contribution in [1.29, 1.82) is 0 Å². The molecule has 0 N–H and O–H groups in total. The van der Waals surface area contributed by atoms with E-state index in [9.17, 15) is 0 Å². The standard InChI is InChI=1S/C17H13BrCl2N2O/c1-23-14-5-3-12(4-6-14)22-13(9-18)10-21-17(22)15-7-2-11(19)8-16(15)20/h2-8,10H,9H2,1H3. The summed E-state index contributed by atoms with van der Waals surface area (Å²) in [6.07, 6.45) is 1.83. The van der Waals surface area contributed by atoms with Crippen molar-refractivity contribution in [3.8, 4) is 22.8 Å². The van der Waals surface area contributed by atoms with E-state index >= 15 is 0 Å². The van der Waals surface area contributed by atoms with Crippen LogP contribution in [0.3, 0.4) is 0 Å². The zero-order valence-corrected chi connectivity index (χ0v) is 15.4. The van der Waals surface area contributed by atoms with E-state index in [2.05, 4.69) is 25.5 Å². The average molecular weight is 412 g/mol. The van der Waals surface area contributed by atoms with Crippen LogP contribution in [0.2, 0.25) is 10.0 Å². The summed E-state index contributed by atoms with van der Waals surface area (Å²) in [7, 11) is 1.65. The lowest BCUT2D eigenvalue weighted by molar-refractivity contribution is 0.414. The monoisotopic (exact) mass is 410 g/mol. The molecule has 23 heavy (non-hydrogen) atoms. The molecule has 1 aromatic heterocycles. The second-order valence-corrected chi connectivity index (χ2v) is 6.27. The molecule has 0 spiro atoms. The highest BCUT2D eigenvalue weighted by atomic mass is 79.9. The summed E-state index contributed by atoms with van der Waals surface area (Å²) in [6, 6.07) is 13.2. The molecule has 1 heterocycles. The van der Waals surface area contributed by atoms with Gasteiger partial charge in [0.25, 0.3) is 0 Å². The van der Waals surface area contributed by atoms with Crippen molar-refractivity contribution in [3.05, 3.63) is 64.4 Å².